The van der Waals surface area contributed by atoms with Crippen molar-refractivity contribution >= 4 is 44.1 Å². The van der Waals surface area contributed by atoms with Crippen LogP contribution in [-0.4, -0.2) is 31.1 Å². The summed E-state index contributed by atoms with van der Waals surface area (Å²) < 4.78 is 0. The Bertz CT molecular complexity index is 1510. The Labute approximate surface area is 186 Å². The Kier molecular flexibility index (Phi) is 5.02. The number of aromatic amines is 2. The first-order valence-electron chi connectivity index (χ1n) is 10.2. The Morgan fingerprint density at radius 2 is 2.00 bits per heavy atom. The summed E-state index contributed by atoms with van der Waals surface area (Å²) in [5.41, 5.74) is 3.53. The molecule has 5 aromatic rings. The van der Waals surface area contributed by atoms with Crippen LogP contribution in [0.1, 0.15) is 20.3 Å². The van der Waals surface area contributed by atoms with Gasteiger partial charge >= 0.3 is 0 Å². The number of benzene rings is 1. The van der Waals surface area contributed by atoms with Crippen molar-refractivity contribution in [3.63, 3.8) is 0 Å². The van der Waals surface area contributed by atoms with Crippen LogP contribution in [0.15, 0.2) is 52.9 Å². The third-order valence-corrected chi connectivity index (χ3v) is 5.91. The van der Waals surface area contributed by atoms with E-state index in [0.717, 1.165) is 26.9 Å². The fourth-order valence-electron chi connectivity index (χ4n) is 3.61. The smallest absolute Gasteiger partial charge is 0.282 e. The molecule has 1 amide bonds. The summed E-state index contributed by atoms with van der Waals surface area (Å²) in [7, 11) is 0. The van der Waals surface area contributed by atoms with E-state index in [0.29, 0.717) is 29.0 Å². The summed E-state index contributed by atoms with van der Waals surface area (Å²) in [6.07, 6.45) is 3.83. The second-order valence-corrected chi connectivity index (χ2v) is 8.91. The van der Waals surface area contributed by atoms with Gasteiger partial charge in [0.15, 0.2) is 5.82 Å². The molecule has 3 N–H and O–H groups in total. The predicted octanol–water partition coefficient (Wildman–Crippen LogP) is 4.57. The molecule has 1 aromatic carbocycles. The first kappa shape index (κ1) is 20.1. The number of hydrogen-bond acceptors (Lipinski definition) is 6. The quantitative estimate of drug-likeness (QED) is 0.367. The lowest BCUT2D eigenvalue weighted by atomic mass is 10.0. The van der Waals surface area contributed by atoms with Gasteiger partial charge in [0.05, 0.1) is 22.8 Å². The van der Waals surface area contributed by atoms with Crippen molar-refractivity contribution in [2.45, 2.75) is 20.3 Å². The van der Waals surface area contributed by atoms with Crippen molar-refractivity contribution in [1.82, 2.24) is 25.1 Å². The highest BCUT2D eigenvalue weighted by Crippen LogP contribution is 2.30. The van der Waals surface area contributed by atoms with Gasteiger partial charge in [-0.05, 0) is 41.1 Å². The first-order chi connectivity index (χ1) is 15.5. The van der Waals surface area contributed by atoms with E-state index in [1.54, 1.807) is 18.5 Å². The van der Waals surface area contributed by atoms with E-state index in [1.807, 2.05) is 43.5 Å². The van der Waals surface area contributed by atoms with E-state index >= 15 is 0 Å². The molecule has 0 saturated carbocycles. The van der Waals surface area contributed by atoms with Gasteiger partial charge in [0, 0.05) is 23.6 Å². The van der Waals surface area contributed by atoms with E-state index in [2.05, 4.69) is 30.5 Å². The summed E-state index contributed by atoms with van der Waals surface area (Å²) in [5.74, 6) is 0.660. The molecule has 0 spiro atoms. The molecule has 0 aliphatic heterocycles. The minimum atomic E-state index is -0.281. The van der Waals surface area contributed by atoms with Crippen molar-refractivity contribution in [3.05, 3.63) is 58.5 Å². The zero-order chi connectivity index (χ0) is 22.2. The maximum atomic E-state index is 12.4. The van der Waals surface area contributed by atoms with Gasteiger partial charge < -0.3 is 10.3 Å². The molecule has 8 nitrogen and oxygen atoms in total. The minimum Gasteiger partial charge on any atom is -0.329 e. The molecule has 32 heavy (non-hydrogen) atoms. The van der Waals surface area contributed by atoms with Crippen molar-refractivity contribution in [2.75, 3.05) is 5.32 Å². The second kappa shape index (κ2) is 8.01. The monoisotopic (exact) mass is 444 g/mol. The van der Waals surface area contributed by atoms with Gasteiger partial charge in [0.1, 0.15) is 10.5 Å². The number of anilines is 1. The molecule has 4 aromatic heterocycles. The zero-order valence-corrected chi connectivity index (χ0v) is 18.3. The number of thiophene rings is 1. The summed E-state index contributed by atoms with van der Waals surface area (Å²) >= 11 is 1.45. The lowest BCUT2D eigenvalue weighted by Gasteiger charge is -2.09. The molecule has 0 saturated heterocycles. The fourth-order valence-corrected chi connectivity index (χ4v) is 4.39. The second-order valence-electron chi connectivity index (χ2n) is 7.99. The highest BCUT2D eigenvalue weighted by molar-refractivity contribution is 7.16. The van der Waals surface area contributed by atoms with E-state index in [9.17, 15) is 9.59 Å². The highest BCUT2D eigenvalue weighted by atomic mass is 32.1. The van der Waals surface area contributed by atoms with Crippen LogP contribution in [0.25, 0.3) is 43.8 Å². The molecule has 160 valence electrons. The number of rotatable bonds is 5. The normalized spacial score (nSPS) is 11.5. The number of carbonyl (C=O) groups excluding carboxylic acids is 1. The Balaban J connectivity index is 1.53. The average molecular weight is 445 g/mol. The Hall–Kier alpha value is -3.85. The summed E-state index contributed by atoms with van der Waals surface area (Å²) in [6, 6.07) is 9.51. The molecule has 9 heteroatoms. The number of H-pyrrole nitrogens is 2. The van der Waals surface area contributed by atoms with Crippen LogP contribution in [-0.2, 0) is 4.79 Å². The molecule has 4 heterocycles. The summed E-state index contributed by atoms with van der Waals surface area (Å²) in [4.78, 5) is 36.9. The number of nitrogens with one attached hydrogen (secondary N) is 3. The molecule has 0 atom stereocenters. The van der Waals surface area contributed by atoms with Crippen LogP contribution in [0.4, 0.5) is 5.69 Å². The third kappa shape index (κ3) is 3.78. The number of amides is 1. The molecular weight excluding hydrogens is 424 g/mol. The number of hydrogen-bond donors (Lipinski definition) is 3. The molecule has 5 rings (SSSR count). The van der Waals surface area contributed by atoms with Gasteiger partial charge in [0.2, 0.25) is 5.91 Å². The molecule has 0 aliphatic carbocycles. The molecular formula is C23H20N6O2S. The summed E-state index contributed by atoms with van der Waals surface area (Å²) in [5, 5.41) is 13.6. The number of nitrogens with zero attached hydrogens (tertiary/aromatic N) is 3. The first-order valence-corrected chi connectivity index (χ1v) is 11.1. The van der Waals surface area contributed by atoms with Crippen molar-refractivity contribution < 1.29 is 4.79 Å². The summed E-state index contributed by atoms with van der Waals surface area (Å²) in [6.45, 7) is 4.01. The maximum Gasteiger partial charge on any atom is 0.282 e. The van der Waals surface area contributed by atoms with Crippen LogP contribution in [0.3, 0.4) is 0 Å². The van der Waals surface area contributed by atoms with Crippen molar-refractivity contribution in [2.24, 2.45) is 5.92 Å². The predicted molar refractivity (Wildman–Crippen MR) is 127 cm³/mol. The van der Waals surface area contributed by atoms with E-state index < -0.39 is 0 Å². The topological polar surface area (TPSA) is 116 Å². The van der Waals surface area contributed by atoms with E-state index in [1.165, 1.54) is 11.3 Å². The van der Waals surface area contributed by atoms with Crippen molar-refractivity contribution in [1.29, 1.82) is 0 Å². The fraction of sp³-hybridized carbons (Fsp3) is 0.174. The van der Waals surface area contributed by atoms with Crippen LogP contribution >= 0.6 is 11.3 Å². The van der Waals surface area contributed by atoms with Crippen LogP contribution in [0.5, 0.6) is 0 Å². The Morgan fingerprint density at radius 3 is 2.84 bits per heavy atom. The molecule has 0 fully saturated rings. The molecule has 0 radical (unpaired) electrons. The lowest BCUT2D eigenvalue weighted by Crippen LogP contribution is -2.13. The van der Waals surface area contributed by atoms with Gasteiger partial charge in [-0.2, -0.15) is 10.1 Å². The van der Waals surface area contributed by atoms with Crippen LogP contribution < -0.4 is 10.9 Å². The number of fused-ring (bicyclic) bond motifs is 2. The highest BCUT2D eigenvalue weighted by Gasteiger charge is 2.14. The van der Waals surface area contributed by atoms with Crippen LogP contribution in [0, 0.1) is 5.92 Å². The standard InChI is InChI=1S/C23H20N6O2S/c1-12(2)7-19(30)25-15-8-14(10-24-11-15)13-3-4-18-17(9-13)20(29-28-18)21-26-22(31)16-5-6-32-23(16)27-21/h3-6,8-12H,7H2,1-2H3,(H,25,30)(H,28,29)(H,26,27,31). The lowest BCUT2D eigenvalue weighted by molar-refractivity contribution is -0.116. The van der Waals surface area contributed by atoms with Gasteiger partial charge in [-0.3, -0.25) is 19.7 Å². The van der Waals surface area contributed by atoms with E-state index in [-0.39, 0.29) is 17.4 Å². The molecule has 0 bridgehead atoms. The molecule has 0 unspecified atom stereocenters. The SMILES string of the molecule is CC(C)CC(=O)Nc1cncc(-c2ccc3[nH]nc(-c4nc(=O)c5ccsc5[nH]4)c3c2)c1. The van der Waals surface area contributed by atoms with Gasteiger partial charge in [0.25, 0.3) is 5.56 Å². The largest absolute Gasteiger partial charge is 0.329 e. The number of pyridine rings is 1. The third-order valence-electron chi connectivity index (χ3n) is 5.08. The minimum absolute atomic E-state index is 0.0366. The average Bonchev–Trinajstić information content (AvgIpc) is 3.40. The molecule has 0 aliphatic rings. The van der Waals surface area contributed by atoms with Gasteiger partial charge in [-0.1, -0.05) is 19.9 Å². The van der Waals surface area contributed by atoms with Crippen molar-refractivity contribution in [3.8, 4) is 22.6 Å². The maximum absolute atomic E-state index is 12.4. The van der Waals surface area contributed by atoms with Gasteiger partial charge in [-0.15, -0.1) is 11.3 Å². The Morgan fingerprint density at radius 1 is 1.12 bits per heavy atom. The van der Waals surface area contributed by atoms with E-state index in [4.69, 9.17) is 0 Å². The number of aromatic nitrogens is 5. The van der Waals surface area contributed by atoms with Crippen LogP contribution in [0.2, 0.25) is 0 Å². The van der Waals surface area contributed by atoms with Gasteiger partial charge in [-0.25, -0.2) is 0 Å². The number of carbonyl (C=O) groups is 1. The zero-order valence-electron chi connectivity index (χ0n) is 17.5.